The second kappa shape index (κ2) is 9.67. The lowest BCUT2D eigenvalue weighted by molar-refractivity contribution is -0.131. The number of ether oxygens (including phenoxy) is 1. The molecular weight excluding hydrogens is 453 g/mol. The van der Waals surface area contributed by atoms with Gasteiger partial charge in [-0.05, 0) is 41.8 Å². The molecule has 2 amide bonds. The summed E-state index contributed by atoms with van der Waals surface area (Å²) in [6, 6.07) is 10.3. The van der Waals surface area contributed by atoms with Gasteiger partial charge in [-0.25, -0.2) is 0 Å². The normalized spacial score (nSPS) is 19.1. The van der Waals surface area contributed by atoms with E-state index in [1.54, 1.807) is 36.2 Å². The number of likely N-dealkylation sites (tertiary alicyclic amines) is 1. The summed E-state index contributed by atoms with van der Waals surface area (Å²) < 4.78 is 5.39. The summed E-state index contributed by atoms with van der Waals surface area (Å²) in [6.07, 6.45) is 0.510. The Morgan fingerprint density at radius 3 is 2.84 bits per heavy atom. The minimum atomic E-state index is -0.356. The van der Waals surface area contributed by atoms with Crippen LogP contribution in [0.2, 0.25) is 10.0 Å². The second-order valence-electron chi connectivity index (χ2n) is 8.23. The lowest BCUT2D eigenvalue weighted by atomic mass is 10.0. The number of aliphatic hydroxyl groups excluding tert-OH is 1. The van der Waals surface area contributed by atoms with E-state index in [9.17, 15) is 14.7 Å². The molecule has 2 aliphatic heterocycles. The van der Waals surface area contributed by atoms with Crippen molar-refractivity contribution < 1.29 is 19.4 Å². The number of amides is 2. The van der Waals surface area contributed by atoms with Crippen LogP contribution >= 0.6 is 23.2 Å². The number of rotatable bonds is 6. The summed E-state index contributed by atoms with van der Waals surface area (Å²) in [5.41, 5.74) is 2.14. The highest BCUT2D eigenvalue weighted by Crippen LogP contribution is 2.32. The molecule has 2 heterocycles. The molecule has 4 rings (SSSR count). The van der Waals surface area contributed by atoms with E-state index in [-0.39, 0.29) is 37.0 Å². The first-order valence-corrected chi connectivity index (χ1v) is 11.2. The van der Waals surface area contributed by atoms with Crippen molar-refractivity contribution >= 4 is 40.7 Å². The molecule has 0 bridgehead atoms. The van der Waals surface area contributed by atoms with E-state index in [0.29, 0.717) is 41.0 Å². The molecule has 32 heavy (non-hydrogen) atoms. The molecule has 1 fully saturated rings. The van der Waals surface area contributed by atoms with Gasteiger partial charge in [0.05, 0.1) is 24.3 Å². The Morgan fingerprint density at radius 2 is 2.12 bits per heavy atom. The Morgan fingerprint density at radius 1 is 1.31 bits per heavy atom. The lowest BCUT2D eigenvalue weighted by Crippen LogP contribution is -2.39. The zero-order valence-corrected chi connectivity index (χ0v) is 19.2. The molecule has 0 aliphatic carbocycles. The second-order valence-corrected chi connectivity index (χ2v) is 9.08. The van der Waals surface area contributed by atoms with Crippen molar-refractivity contribution in [1.29, 1.82) is 0 Å². The van der Waals surface area contributed by atoms with Crippen LogP contribution in [-0.4, -0.2) is 66.1 Å². The summed E-state index contributed by atoms with van der Waals surface area (Å²) in [5.74, 6) is 0.277. The van der Waals surface area contributed by atoms with Crippen molar-refractivity contribution in [2.24, 2.45) is 0 Å². The van der Waals surface area contributed by atoms with Gasteiger partial charge in [0.2, 0.25) is 5.91 Å². The maximum Gasteiger partial charge on any atom is 0.262 e. The fraction of sp³-hybridized carbons (Fsp3) is 0.391. The van der Waals surface area contributed by atoms with Crippen LogP contribution in [0.4, 0.5) is 5.69 Å². The number of hydrogen-bond donors (Lipinski definition) is 2. The number of halogens is 2. The van der Waals surface area contributed by atoms with Crippen LogP contribution in [-0.2, 0) is 16.0 Å². The zero-order valence-electron chi connectivity index (χ0n) is 17.7. The summed E-state index contributed by atoms with van der Waals surface area (Å²) in [6.45, 7) is 1.86. The van der Waals surface area contributed by atoms with Crippen LogP contribution in [0.25, 0.3) is 0 Å². The van der Waals surface area contributed by atoms with Crippen molar-refractivity contribution in [3.05, 3.63) is 57.6 Å². The lowest BCUT2D eigenvalue weighted by Gasteiger charge is -2.33. The predicted octanol–water partition coefficient (Wildman–Crippen LogP) is 3.13. The van der Waals surface area contributed by atoms with Crippen LogP contribution in [0, 0.1) is 0 Å². The van der Waals surface area contributed by atoms with Crippen molar-refractivity contribution in [2.75, 3.05) is 38.6 Å². The number of nitrogens with zero attached hydrogens (tertiary/aromatic N) is 2. The first-order valence-electron chi connectivity index (χ1n) is 10.5. The van der Waals surface area contributed by atoms with Gasteiger partial charge in [-0.3, -0.25) is 14.5 Å². The van der Waals surface area contributed by atoms with E-state index in [1.807, 2.05) is 12.1 Å². The maximum atomic E-state index is 13.2. The van der Waals surface area contributed by atoms with Gasteiger partial charge in [0.25, 0.3) is 5.91 Å². The number of aliphatic hydroxyl groups is 1. The Labute approximate surface area is 196 Å². The molecule has 2 aliphatic rings. The predicted molar refractivity (Wildman–Crippen MR) is 123 cm³/mol. The van der Waals surface area contributed by atoms with Gasteiger partial charge in [-0.2, -0.15) is 0 Å². The van der Waals surface area contributed by atoms with E-state index < -0.39 is 0 Å². The van der Waals surface area contributed by atoms with Crippen LogP contribution in [0.15, 0.2) is 36.4 Å². The van der Waals surface area contributed by atoms with E-state index >= 15 is 0 Å². The van der Waals surface area contributed by atoms with Gasteiger partial charge in [-0.15, -0.1) is 0 Å². The van der Waals surface area contributed by atoms with E-state index in [0.717, 1.165) is 17.7 Å². The molecule has 7 nitrogen and oxygen atoms in total. The van der Waals surface area contributed by atoms with Crippen molar-refractivity contribution in [3.63, 3.8) is 0 Å². The van der Waals surface area contributed by atoms with Gasteiger partial charge in [-0.1, -0.05) is 35.3 Å². The highest BCUT2D eigenvalue weighted by molar-refractivity contribution is 6.35. The maximum absolute atomic E-state index is 13.2. The van der Waals surface area contributed by atoms with Gasteiger partial charge in [0.15, 0.2) is 6.61 Å². The monoisotopic (exact) mass is 477 g/mol. The first-order chi connectivity index (χ1) is 15.3. The molecule has 0 aromatic heterocycles. The molecule has 0 spiro atoms. The van der Waals surface area contributed by atoms with E-state index in [1.165, 1.54) is 0 Å². The standard InChI is InChI=1S/C23H25Cl2N3O4/c1-27(23(31)9-14-2-5-21-19(8-14)26-22(30)13-32-21)20(12-28-7-6-16(29)11-28)17-4-3-15(24)10-18(17)25/h2-5,8,10,16,20,29H,6-7,9,11-13H2,1H3,(H,26,30)/t16-,20+/m0/s1. The average Bonchev–Trinajstić information content (AvgIpc) is 3.16. The van der Waals surface area contributed by atoms with Gasteiger partial charge < -0.3 is 20.1 Å². The topological polar surface area (TPSA) is 82.1 Å². The highest BCUT2D eigenvalue weighted by Gasteiger charge is 2.29. The summed E-state index contributed by atoms with van der Waals surface area (Å²) in [5, 5.41) is 13.7. The molecule has 2 atom stereocenters. The van der Waals surface area contributed by atoms with Crippen LogP contribution in [0.5, 0.6) is 5.75 Å². The SMILES string of the molecule is CN(C(=O)Cc1ccc2c(c1)NC(=O)CO2)[C@H](CN1CC[C@H](O)C1)c1ccc(Cl)cc1Cl. The third kappa shape index (κ3) is 5.18. The number of nitrogens with one attached hydrogen (secondary N) is 1. The molecule has 2 aromatic rings. The zero-order chi connectivity index (χ0) is 22.8. The minimum Gasteiger partial charge on any atom is -0.482 e. The Bertz CT molecular complexity index is 1030. The first kappa shape index (κ1) is 22.9. The number of fused-ring (bicyclic) bond motifs is 1. The fourth-order valence-corrected chi connectivity index (χ4v) is 4.67. The van der Waals surface area contributed by atoms with Gasteiger partial charge >= 0.3 is 0 Å². The molecule has 2 aromatic carbocycles. The largest absolute Gasteiger partial charge is 0.482 e. The highest BCUT2D eigenvalue weighted by atomic mass is 35.5. The van der Waals surface area contributed by atoms with Gasteiger partial charge in [0.1, 0.15) is 5.75 Å². The van der Waals surface area contributed by atoms with Crippen molar-refractivity contribution in [3.8, 4) is 5.75 Å². The molecule has 0 radical (unpaired) electrons. The smallest absolute Gasteiger partial charge is 0.262 e. The Hall–Kier alpha value is -2.32. The third-order valence-corrected chi connectivity index (χ3v) is 6.46. The third-order valence-electron chi connectivity index (χ3n) is 5.89. The number of β-amino-alcohol motifs (C(OH)–C–C–N with tert-alkyl or cyclic N) is 1. The van der Waals surface area contributed by atoms with Crippen LogP contribution in [0.3, 0.4) is 0 Å². The molecule has 9 heteroatoms. The Kier molecular flexibility index (Phi) is 6.90. The summed E-state index contributed by atoms with van der Waals surface area (Å²) in [7, 11) is 1.76. The van der Waals surface area contributed by atoms with E-state index in [4.69, 9.17) is 27.9 Å². The Balaban J connectivity index is 1.54. The average molecular weight is 478 g/mol. The van der Waals surface area contributed by atoms with Crippen LogP contribution in [0.1, 0.15) is 23.6 Å². The quantitative estimate of drug-likeness (QED) is 0.667. The number of likely N-dealkylation sites (N-methyl/N-ethyl adjacent to an activating group) is 1. The fourth-order valence-electron chi connectivity index (χ4n) is 4.14. The van der Waals surface area contributed by atoms with E-state index in [2.05, 4.69) is 10.2 Å². The number of carbonyl (C=O) groups excluding carboxylic acids is 2. The molecule has 170 valence electrons. The van der Waals surface area contributed by atoms with Crippen molar-refractivity contribution in [2.45, 2.75) is 25.0 Å². The number of benzene rings is 2. The number of carbonyl (C=O) groups is 2. The molecule has 2 N–H and O–H groups in total. The molecule has 0 unspecified atom stereocenters. The molecule has 1 saturated heterocycles. The summed E-state index contributed by atoms with van der Waals surface area (Å²) in [4.78, 5) is 28.7. The molecular formula is C23H25Cl2N3O4. The molecule has 0 saturated carbocycles. The van der Waals surface area contributed by atoms with Gasteiger partial charge in [0, 0.05) is 36.7 Å². The van der Waals surface area contributed by atoms with Crippen molar-refractivity contribution in [1.82, 2.24) is 9.80 Å². The van der Waals surface area contributed by atoms with Crippen LogP contribution < -0.4 is 10.1 Å². The number of hydrogen-bond acceptors (Lipinski definition) is 5. The summed E-state index contributed by atoms with van der Waals surface area (Å²) >= 11 is 12.6. The number of anilines is 1. The minimum absolute atomic E-state index is 0.0112.